The van der Waals surface area contributed by atoms with Crippen LogP contribution in [0.5, 0.6) is 0 Å². The molecule has 0 saturated carbocycles. The number of H-pyrrole nitrogens is 1. The van der Waals surface area contributed by atoms with E-state index >= 15 is 0 Å². The van der Waals surface area contributed by atoms with Crippen LogP contribution >= 0.6 is 11.3 Å². The number of amides is 1. The Hall–Kier alpha value is -3.41. The topological polar surface area (TPSA) is 99.3 Å². The number of rotatable bonds is 3. The van der Waals surface area contributed by atoms with Crippen LogP contribution in [0.3, 0.4) is 0 Å². The predicted molar refractivity (Wildman–Crippen MR) is 108 cm³/mol. The molecule has 0 spiro atoms. The highest BCUT2D eigenvalue weighted by Gasteiger charge is 2.22. The molecule has 1 fully saturated rings. The third kappa shape index (κ3) is 4.06. The summed E-state index contributed by atoms with van der Waals surface area (Å²) in [4.78, 5) is 29.2. The quantitative estimate of drug-likeness (QED) is 0.700. The summed E-state index contributed by atoms with van der Waals surface area (Å²) >= 11 is 1.06. The van der Waals surface area contributed by atoms with Crippen LogP contribution in [0, 0.1) is 11.3 Å². The highest BCUT2D eigenvalue weighted by atomic mass is 32.1. The average molecular weight is 407 g/mol. The fourth-order valence-corrected chi connectivity index (χ4v) is 3.91. The van der Waals surface area contributed by atoms with Crippen LogP contribution in [0.25, 0.3) is 23.0 Å². The molecule has 1 aliphatic heterocycles. The second-order valence-corrected chi connectivity index (χ2v) is 7.41. The molecule has 1 N–H and O–H groups in total. The number of benzene rings is 1. The third-order valence-electron chi connectivity index (χ3n) is 4.47. The van der Waals surface area contributed by atoms with Crippen LogP contribution < -0.4 is 14.8 Å². The number of thiazole rings is 1. The smallest absolute Gasteiger partial charge is 0.267 e. The Kier molecular flexibility index (Phi) is 5.42. The Bertz CT molecular complexity index is 1240. The van der Waals surface area contributed by atoms with E-state index in [9.17, 15) is 14.9 Å². The zero-order valence-electron chi connectivity index (χ0n) is 15.4. The van der Waals surface area contributed by atoms with Crippen molar-refractivity contribution in [2.75, 3.05) is 26.3 Å². The summed E-state index contributed by atoms with van der Waals surface area (Å²) in [6.45, 7) is 1.72. The summed E-state index contributed by atoms with van der Waals surface area (Å²) in [5, 5.41) is 9.49. The first kappa shape index (κ1) is 18.9. The number of hydrogen-bond acceptors (Lipinski definition) is 6. The maximum atomic E-state index is 12.6. The van der Waals surface area contributed by atoms with E-state index in [4.69, 9.17) is 9.15 Å². The fraction of sp³-hybridized carbons (Fsp3) is 0.190. The fourth-order valence-electron chi connectivity index (χ4n) is 2.99. The van der Waals surface area contributed by atoms with Gasteiger partial charge in [0.1, 0.15) is 22.3 Å². The molecular formula is C21H17N3O4S. The van der Waals surface area contributed by atoms with Crippen LogP contribution in [-0.2, 0) is 9.53 Å². The van der Waals surface area contributed by atoms with Crippen molar-refractivity contribution in [3.63, 3.8) is 0 Å². The number of furan rings is 1. The van der Waals surface area contributed by atoms with Gasteiger partial charge in [-0.05, 0) is 12.1 Å². The van der Waals surface area contributed by atoms with Crippen LogP contribution in [0.2, 0.25) is 0 Å². The van der Waals surface area contributed by atoms with Crippen molar-refractivity contribution < 1.29 is 13.9 Å². The molecule has 0 radical (unpaired) electrons. The normalized spacial score (nSPS) is 15.8. The van der Waals surface area contributed by atoms with Crippen LogP contribution in [-0.4, -0.2) is 42.1 Å². The molecule has 1 aliphatic rings. The lowest BCUT2D eigenvalue weighted by Crippen LogP contribution is -2.42. The summed E-state index contributed by atoms with van der Waals surface area (Å²) < 4.78 is 11.6. The number of nitrogens with one attached hydrogen (secondary N) is 1. The maximum absolute atomic E-state index is 12.6. The van der Waals surface area contributed by atoms with Crippen molar-refractivity contribution in [3.8, 4) is 17.4 Å². The minimum Gasteiger partial charge on any atom is -0.457 e. The van der Waals surface area contributed by atoms with Crippen molar-refractivity contribution in [3.05, 3.63) is 67.8 Å². The molecule has 8 heteroatoms. The van der Waals surface area contributed by atoms with Gasteiger partial charge in [-0.2, -0.15) is 5.26 Å². The molecule has 29 heavy (non-hydrogen) atoms. The number of carbonyl (C=O) groups excluding carboxylic acids is 1. The van der Waals surface area contributed by atoms with E-state index in [0.717, 1.165) is 16.9 Å². The second kappa shape index (κ2) is 8.31. The number of ether oxygens (including phenoxy) is 1. The SMILES string of the molecule is N#C/C(C(=O)N1CCOCC1)=c1\[nH]c(=O)/c(=C\c2ccc(-c3ccccc3)o2)s1. The summed E-state index contributed by atoms with van der Waals surface area (Å²) in [6, 6.07) is 15.2. The monoisotopic (exact) mass is 407 g/mol. The summed E-state index contributed by atoms with van der Waals surface area (Å²) in [6.07, 6.45) is 1.60. The molecule has 3 heterocycles. The van der Waals surface area contributed by atoms with Gasteiger partial charge in [-0.3, -0.25) is 9.59 Å². The summed E-state index contributed by atoms with van der Waals surface area (Å²) in [5.74, 6) is 0.807. The molecule has 7 nitrogen and oxygen atoms in total. The summed E-state index contributed by atoms with van der Waals surface area (Å²) in [5.41, 5.74) is 0.493. The summed E-state index contributed by atoms with van der Waals surface area (Å²) in [7, 11) is 0. The number of carbonyl (C=O) groups is 1. The van der Waals surface area contributed by atoms with E-state index in [1.54, 1.807) is 17.0 Å². The number of hydrogen-bond donors (Lipinski definition) is 1. The van der Waals surface area contributed by atoms with Gasteiger partial charge in [0.2, 0.25) is 0 Å². The van der Waals surface area contributed by atoms with Crippen molar-refractivity contribution in [1.29, 1.82) is 5.26 Å². The molecule has 3 aromatic rings. The van der Waals surface area contributed by atoms with Crippen molar-refractivity contribution in [1.82, 2.24) is 9.88 Å². The Labute approximate surface area is 169 Å². The Morgan fingerprint density at radius 2 is 1.93 bits per heavy atom. The zero-order valence-corrected chi connectivity index (χ0v) is 16.2. The second-order valence-electron chi connectivity index (χ2n) is 6.35. The molecule has 1 aromatic carbocycles. The molecule has 0 aliphatic carbocycles. The Morgan fingerprint density at radius 3 is 2.66 bits per heavy atom. The van der Waals surface area contributed by atoms with Crippen LogP contribution in [0.4, 0.5) is 0 Å². The molecule has 0 bridgehead atoms. The minimum absolute atomic E-state index is 0.0712. The Balaban J connectivity index is 1.69. The molecule has 1 saturated heterocycles. The van der Waals surface area contributed by atoms with Crippen molar-refractivity contribution in [2.45, 2.75) is 0 Å². The Morgan fingerprint density at radius 1 is 1.17 bits per heavy atom. The van der Waals surface area contributed by atoms with Gasteiger partial charge in [0.05, 0.1) is 17.7 Å². The van der Waals surface area contributed by atoms with Gasteiger partial charge in [0.25, 0.3) is 11.5 Å². The lowest BCUT2D eigenvalue weighted by atomic mass is 10.2. The molecule has 4 rings (SSSR count). The van der Waals surface area contributed by atoms with E-state index in [1.165, 1.54) is 0 Å². The molecule has 146 valence electrons. The number of nitrogens with zero attached hydrogens (tertiary/aromatic N) is 2. The van der Waals surface area contributed by atoms with Crippen LogP contribution in [0.1, 0.15) is 5.76 Å². The average Bonchev–Trinajstić information content (AvgIpc) is 3.37. The first-order valence-corrected chi connectivity index (χ1v) is 9.85. The number of morpholine rings is 1. The van der Waals surface area contributed by atoms with Gasteiger partial charge in [-0.25, -0.2) is 0 Å². The molecule has 2 aromatic heterocycles. The van der Waals surface area contributed by atoms with Crippen molar-refractivity contribution in [2.24, 2.45) is 0 Å². The first-order chi connectivity index (χ1) is 14.2. The molecule has 1 amide bonds. The zero-order chi connectivity index (χ0) is 20.2. The van der Waals surface area contributed by atoms with Crippen LogP contribution in [0.15, 0.2) is 51.7 Å². The molecular weight excluding hydrogens is 390 g/mol. The highest BCUT2D eigenvalue weighted by Crippen LogP contribution is 2.21. The largest absolute Gasteiger partial charge is 0.457 e. The number of aromatic amines is 1. The lowest BCUT2D eigenvalue weighted by molar-refractivity contribution is -0.128. The van der Waals surface area contributed by atoms with Gasteiger partial charge in [-0.1, -0.05) is 30.3 Å². The van der Waals surface area contributed by atoms with Gasteiger partial charge < -0.3 is 19.0 Å². The van der Waals surface area contributed by atoms with E-state index in [-0.39, 0.29) is 15.8 Å². The number of aromatic nitrogens is 1. The van der Waals surface area contributed by atoms with E-state index in [2.05, 4.69) is 4.98 Å². The molecule has 0 unspecified atom stereocenters. The van der Waals surface area contributed by atoms with Gasteiger partial charge in [-0.15, -0.1) is 11.3 Å². The predicted octanol–water partition coefficient (Wildman–Crippen LogP) is 1.06. The standard InChI is InChI=1S/C21H17N3O4S/c22-13-16(21(26)24-8-10-27-11-9-24)20-23-19(25)18(29-20)12-15-6-7-17(28-15)14-4-2-1-3-5-14/h1-7,12H,8-11H2,(H,23,25)/b18-12+,20-16-. The lowest BCUT2D eigenvalue weighted by Gasteiger charge is -2.26. The van der Waals surface area contributed by atoms with Crippen molar-refractivity contribution >= 4 is 28.9 Å². The maximum Gasteiger partial charge on any atom is 0.267 e. The minimum atomic E-state index is -0.399. The molecule has 0 atom stereocenters. The van der Waals surface area contributed by atoms with E-state index in [1.807, 2.05) is 42.5 Å². The van der Waals surface area contributed by atoms with Gasteiger partial charge >= 0.3 is 0 Å². The first-order valence-electron chi connectivity index (χ1n) is 9.03. The number of nitriles is 1. The van der Waals surface area contributed by atoms with E-state index in [0.29, 0.717) is 42.4 Å². The highest BCUT2D eigenvalue weighted by molar-refractivity contribution is 7.07. The van der Waals surface area contributed by atoms with Gasteiger partial charge in [0.15, 0.2) is 5.57 Å². The van der Waals surface area contributed by atoms with Gasteiger partial charge in [0, 0.05) is 24.7 Å². The van der Waals surface area contributed by atoms with E-state index < -0.39 is 5.91 Å². The third-order valence-corrected chi connectivity index (χ3v) is 5.51.